The highest BCUT2D eigenvalue weighted by Crippen LogP contribution is 2.41. The summed E-state index contributed by atoms with van der Waals surface area (Å²) in [5.41, 5.74) is 4.39. The Hall–Kier alpha value is -2.80. The van der Waals surface area contributed by atoms with E-state index in [0.717, 1.165) is 21.9 Å². The van der Waals surface area contributed by atoms with Crippen molar-refractivity contribution < 1.29 is 5.11 Å². The summed E-state index contributed by atoms with van der Waals surface area (Å²) in [6.45, 7) is 4.21. The van der Waals surface area contributed by atoms with Crippen LogP contribution < -0.4 is 0 Å². The quantitative estimate of drug-likeness (QED) is 0.458. The minimum absolute atomic E-state index is 0.366. The molecule has 1 heteroatoms. The molecule has 0 radical (unpaired) electrons. The van der Waals surface area contributed by atoms with E-state index in [2.05, 4.69) is 56.3 Å². The van der Waals surface area contributed by atoms with Crippen LogP contribution >= 0.6 is 0 Å². The maximum atomic E-state index is 10.9. The molecule has 0 saturated carbocycles. The first kappa shape index (κ1) is 13.8. The molecule has 0 saturated heterocycles. The third kappa shape index (κ3) is 2.08. The Morgan fingerprint density at radius 3 is 2.09 bits per heavy atom. The third-order valence-corrected chi connectivity index (χ3v) is 4.63. The largest absolute Gasteiger partial charge is 0.507 e. The van der Waals surface area contributed by atoms with Gasteiger partial charge in [0.2, 0.25) is 0 Å². The number of phenolic OH excluding ortho intramolecular Hbond substituents is 1. The van der Waals surface area contributed by atoms with Crippen LogP contribution in [0.4, 0.5) is 0 Å². The number of hydrogen-bond acceptors (Lipinski definition) is 1. The molecular formula is C22H18O. The van der Waals surface area contributed by atoms with Crippen LogP contribution in [0, 0.1) is 13.8 Å². The summed E-state index contributed by atoms with van der Waals surface area (Å²) in [7, 11) is 0. The molecule has 0 unspecified atom stereocenters. The second kappa shape index (κ2) is 5.13. The van der Waals surface area contributed by atoms with Gasteiger partial charge in [-0.1, -0.05) is 60.7 Å². The Morgan fingerprint density at radius 2 is 1.30 bits per heavy atom. The molecule has 0 aliphatic carbocycles. The van der Waals surface area contributed by atoms with E-state index in [0.29, 0.717) is 5.75 Å². The van der Waals surface area contributed by atoms with Gasteiger partial charge < -0.3 is 5.11 Å². The molecule has 0 bridgehead atoms. The fraction of sp³-hybridized carbons (Fsp3) is 0.0909. The van der Waals surface area contributed by atoms with Crippen LogP contribution in [0.2, 0.25) is 0 Å². The molecule has 23 heavy (non-hydrogen) atoms. The molecule has 0 amide bonds. The Kier molecular flexibility index (Phi) is 3.09. The van der Waals surface area contributed by atoms with E-state index >= 15 is 0 Å². The predicted octanol–water partition coefficient (Wildman–Crippen LogP) is 5.98. The van der Waals surface area contributed by atoms with Crippen molar-refractivity contribution in [1.82, 2.24) is 0 Å². The topological polar surface area (TPSA) is 20.2 Å². The van der Waals surface area contributed by atoms with Gasteiger partial charge in [0, 0.05) is 10.9 Å². The molecule has 4 aromatic carbocycles. The van der Waals surface area contributed by atoms with Crippen molar-refractivity contribution >= 4 is 21.5 Å². The monoisotopic (exact) mass is 298 g/mol. The molecule has 0 atom stereocenters. The van der Waals surface area contributed by atoms with Crippen molar-refractivity contribution in [2.45, 2.75) is 13.8 Å². The minimum atomic E-state index is 0.366. The first-order chi connectivity index (χ1) is 11.2. The Labute approximate surface area is 135 Å². The van der Waals surface area contributed by atoms with Gasteiger partial charge in [-0.25, -0.2) is 0 Å². The molecule has 0 spiro atoms. The average molecular weight is 298 g/mol. The fourth-order valence-electron chi connectivity index (χ4n) is 3.47. The van der Waals surface area contributed by atoms with Crippen LogP contribution in [0.25, 0.3) is 32.7 Å². The van der Waals surface area contributed by atoms with Gasteiger partial charge in [0.15, 0.2) is 0 Å². The highest BCUT2D eigenvalue weighted by atomic mass is 16.3. The van der Waals surface area contributed by atoms with Crippen molar-refractivity contribution in [2.75, 3.05) is 0 Å². The molecule has 0 aliphatic rings. The number of rotatable bonds is 1. The summed E-state index contributed by atoms with van der Waals surface area (Å²) >= 11 is 0. The van der Waals surface area contributed by atoms with E-state index in [9.17, 15) is 5.11 Å². The van der Waals surface area contributed by atoms with Gasteiger partial charge in [-0.15, -0.1) is 0 Å². The van der Waals surface area contributed by atoms with E-state index in [1.807, 2.05) is 24.3 Å². The minimum Gasteiger partial charge on any atom is -0.507 e. The molecular weight excluding hydrogens is 280 g/mol. The zero-order valence-corrected chi connectivity index (χ0v) is 13.3. The molecule has 0 fully saturated rings. The molecule has 0 heterocycles. The number of hydrogen-bond donors (Lipinski definition) is 1. The first-order valence-corrected chi connectivity index (χ1v) is 7.87. The Bertz CT molecular complexity index is 1040. The van der Waals surface area contributed by atoms with Crippen LogP contribution in [0.5, 0.6) is 5.75 Å². The van der Waals surface area contributed by atoms with Gasteiger partial charge in [0.1, 0.15) is 5.75 Å². The number of benzene rings is 4. The van der Waals surface area contributed by atoms with Gasteiger partial charge in [-0.05, 0) is 52.8 Å². The number of aryl methyl sites for hydroxylation is 2. The molecule has 0 aromatic heterocycles. The van der Waals surface area contributed by atoms with Crippen LogP contribution in [0.1, 0.15) is 11.1 Å². The first-order valence-electron chi connectivity index (χ1n) is 7.87. The van der Waals surface area contributed by atoms with Crippen LogP contribution in [0.15, 0.2) is 66.7 Å². The van der Waals surface area contributed by atoms with Gasteiger partial charge >= 0.3 is 0 Å². The van der Waals surface area contributed by atoms with Crippen molar-refractivity contribution in [3.05, 3.63) is 77.9 Å². The van der Waals surface area contributed by atoms with Crippen molar-refractivity contribution in [3.63, 3.8) is 0 Å². The summed E-state index contributed by atoms with van der Waals surface area (Å²) in [5, 5.41) is 15.3. The fourth-order valence-corrected chi connectivity index (χ4v) is 3.47. The molecule has 1 nitrogen and oxygen atoms in total. The van der Waals surface area contributed by atoms with E-state index in [-0.39, 0.29) is 0 Å². The maximum Gasteiger partial charge on any atom is 0.131 e. The van der Waals surface area contributed by atoms with Gasteiger partial charge in [-0.2, -0.15) is 0 Å². The summed E-state index contributed by atoms with van der Waals surface area (Å²) in [6.07, 6.45) is 0. The molecule has 4 rings (SSSR count). The smallest absolute Gasteiger partial charge is 0.131 e. The Morgan fingerprint density at radius 1 is 0.652 bits per heavy atom. The molecule has 112 valence electrons. The highest BCUT2D eigenvalue weighted by Gasteiger charge is 2.15. The third-order valence-electron chi connectivity index (χ3n) is 4.63. The summed E-state index contributed by atoms with van der Waals surface area (Å²) in [5.74, 6) is 0.366. The molecule has 1 N–H and O–H groups in total. The average Bonchev–Trinajstić information content (AvgIpc) is 2.58. The van der Waals surface area contributed by atoms with Crippen molar-refractivity contribution in [2.24, 2.45) is 0 Å². The summed E-state index contributed by atoms with van der Waals surface area (Å²) in [4.78, 5) is 0. The normalized spacial score (nSPS) is 11.2. The summed E-state index contributed by atoms with van der Waals surface area (Å²) in [6, 6.07) is 22.7. The highest BCUT2D eigenvalue weighted by molar-refractivity contribution is 6.04. The van der Waals surface area contributed by atoms with Crippen LogP contribution in [-0.4, -0.2) is 5.11 Å². The number of aromatic hydroxyl groups is 1. The lowest BCUT2D eigenvalue weighted by Crippen LogP contribution is -1.90. The van der Waals surface area contributed by atoms with Crippen LogP contribution in [0.3, 0.4) is 0 Å². The van der Waals surface area contributed by atoms with E-state index in [1.165, 1.54) is 21.9 Å². The second-order valence-corrected chi connectivity index (χ2v) is 6.11. The van der Waals surface area contributed by atoms with Gasteiger partial charge in [0.05, 0.1) is 0 Å². The number of fused-ring (bicyclic) bond motifs is 2. The number of phenols is 1. The van der Waals surface area contributed by atoms with Crippen molar-refractivity contribution in [3.8, 4) is 16.9 Å². The zero-order chi connectivity index (χ0) is 16.0. The van der Waals surface area contributed by atoms with E-state index in [4.69, 9.17) is 0 Å². The predicted molar refractivity (Wildman–Crippen MR) is 98.0 cm³/mol. The van der Waals surface area contributed by atoms with E-state index < -0.39 is 0 Å². The van der Waals surface area contributed by atoms with Gasteiger partial charge in [-0.3, -0.25) is 0 Å². The molecule has 0 aliphatic heterocycles. The lowest BCUT2D eigenvalue weighted by molar-refractivity contribution is 0.483. The standard InChI is InChI=1S/C22H18O/c1-14-11-12-16-7-3-4-9-18(16)21(14)20-13-15(2)17-8-5-6-10-19(17)22(20)23/h3-13,23H,1-2H3. The SMILES string of the molecule is Cc1ccc2ccccc2c1-c1cc(C)c2ccccc2c1O. The van der Waals surface area contributed by atoms with Crippen LogP contribution in [-0.2, 0) is 0 Å². The van der Waals surface area contributed by atoms with Crippen molar-refractivity contribution in [1.29, 1.82) is 0 Å². The van der Waals surface area contributed by atoms with Gasteiger partial charge in [0.25, 0.3) is 0 Å². The lowest BCUT2D eigenvalue weighted by atomic mass is 9.90. The zero-order valence-electron chi connectivity index (χ0n) is 13.3. The van der Waals surface area contributed by atoms with E-state index in [1.54, 1.807) is 0 Å². The maximum absolute atomic E-state index is 10.9. The molecule has 4 aromatic rings. The second-order valence-electron chi connectivity index (χ2n) is 6.11. The lowest BCUT2D eigenvalue weighted by Gasteiger charge is -2.15. The Balaban J connectivity index is 2.15. The summed E-state index contributed by atoms with van der Waals surface area (Å²) < 4.78 is 0.